The fourth-order valence-corrected chi connectivity index (χ4v) is 3.59. The Bertz CT molecular complexity index is 867. The summed E-state index contributed by atoms with van der Waals surface area (Å²) in [6.07, 6.45) is 0. The van der Waals surface area contributed by atoms with Crippen molar-refractivity contribution >= 4 is 15.7 Å². The Kier molecular flexibility index (Phi) is 6.28. The minimum Gasteiger partial charge on any atom is -0.395 e. The van der Waals surface area contributed by atoms with Gasteiger partial charge in [-0.05, 0) is 28.8 Å². The second-order valence-corrected chi connectivity index (χ2v) is 7.56. The fourth-order valence-electron chi connectivity index (χ4n) is 2.28. The van der Waals surface area contributed by atoms with Gasteiger partial charge in [-0.15, -0.1) is 0 Å². The van der Waals surface area contributed by atoms with Crippen LogP contribution in [0.25, 0.3) is 11.1 Å². The van der Waals surface area contributed by atoms with Crippen molar-refractivity contribution < 1.29 is 18.3 Å². The summed E-state index contributed by atoms with van der Waals surface area (Å²) in [6.45, 7) is -0.198. The van der Waals surface area contributed by atoms with Crippen LogP contribution in [0.3, 0.4) is 0 Å². The van der Waals surface area contributed by atoms with Gasteiger partial charge in [0.05, 0.1) is 24.0 Å². The minimum absolute atomic E-state index is 0.0354. The van der Waals surface area contributed by atoms with Gasteiger partial charge in [-0.3, -0.25) is 4.79 Å². The molecular weight excluding hydrogens is 340 g/mol. The van der Waals surface area contributed by atoms with E-state index in [0.29, 0.717) is 11.1 Å². The predicted octanol–water partition coefficient (Wildman–Crippen LogP) is 1.25. The highest BCUT2D eigenvalue weighted by Gasteiger charge is 2.17. The van der Waals surface area contributed by atoms with Gasteiger partial charge in [-0.2, -0.15) is 5.26 Å². The van der Waals surface area contributed by atoms with Crippen LogP contribution in [0.15, 0.2) is 48.5 Å². The highest BCUT2D eigenvalue weighted by molar-refractivity contribution is 7.91. The van der Waals surface area contributed by atoms with Crippen LogP contribution in [0.5, 0.6) is 0 Å². The van der Waals surface area contributed by atoms with E-state index < -0.39 is 21.5 Å². The van der Waals surface area contributed by atoms with Crippen LogP contribution in [-0.2, 0) is 20.4 Å². The topological polar surface area (TPSA) is 107 Å². The number of aliphatic hydroxyl groups is 1. The van der Waals surface area contributed by atoms with Gasteiger partial charge in [0.15, 0.2) is 9.84 Å². The maximum absolute atomic E-state index is 12.0. The predicted molar refractivity (Wildman–Crippen MR) is 94.2 cm³/mol. The molecule has 2 N–H and O–H groups in total. The quantitative estimate of drug-likeness (QED) is 0.774. The van der Waals surface area contributed by atoms with Gasteiger partial charge in [0, 0.05) is 6.54 Å². The zero-order valence-electron chi connectivity index (χ0n) is 13.5. The molecule has 6 nitrogen and oxygen atoms in total. The first-order valence-electron chi connectivity index (χ1n) is 7.61. The van der Waals surface area contributed by atoms with E-state index in [4.69, 9.17) is 10.4 Å². The molecule has 2 rings (SSSR count). The van der Waals surface area contributed by atoms with E-state index in [1.807, 2.05) is 12.1 Å². The zero-order valence-corrected chi connectivity index (χ0v) is 14.3. The number of carbonyl (C=O) groups is 1. The maximum atomic E-state index is 12.0. The van der Waals surface area contributed by atoms with Gasteiger partial charge >= 0.3 is 0 Å². The molecule has 0 fully saturated rings. The third-order valence-corrected chi connectivity index (χ3v) is 4.95. The standard InChI is InChI=1S/C18H18N2O4S/c19-11-14-1-5-16(6-2-14)17-7-3-15(4-8-17)12-25(23,24)13-18(22)20-9-10-21/h1-8,21H,9-10,12-13H2,(H,20,22). The van der Waals surface area contributed by atoms with E-state index in [-0.39, 0.29) is 18.9 Å². The first kappa shape index (κ1) is 18.6. The summed E-state index contributed by atoms with van der Waals surface area (Å²) in [7, 11) is -3.58. The van der Waals surface area contributed by atoms with Crippen molar-refractivity contribution in [1.29, 1.82) is 5.26 Å². The lowest BCUT2D eigenvalue weighted by atomic mass is 10.0. The molecule has 0 heterocycles. The number of nitrogens with one attached hydrogen (secondary N) is 1. The van der Waals surface area contributed by atoms with E-state index in [0.717, 1.165) is 11.1 Å². The lowest BCUT2D eigenvalue weighted by Gasteiger charge is -2.07. The van der Waals surface area contributed by atoms with Crippen LogP contribution >= 0.6 is 0 Å². The van der Waals surface area contributed by atoms with Crippen molar-refractivity contribution in [3.63, 3.8) is 0 Å². The number of sulfone groups is 1. The minimum atomic E-state index is -3.58. The fraction of sp³-hybridized carbons (Fsp3) is 0.222. The molecule has 0 aromatic heterocycles. The van der Waals surface area contributed by atoms with E-state index in [1.54, 1.807) is 36.4 Å². The van der Waals surface area contributed by atoms with E-state index in [2.05, 4.69) is 11.4 Å². The number of rotatable bonds is 7. The molecule has 0 atom stereocenters. The lowest BCUT2D eigenvalue weighted by Crippen LogP contribution is -2.32. The maximum Gasteiger partial charge on any atom is 0.235 e. The van der Waals surface area contributed by atoms with Crippen LogP contribution in [0.1, 0.15) is 11.1 Å². The molecular formula is C18H18N2O4S. The molecule has 0 unspecified atom stereocenters. The number of amides is 1. The SMILES string of the molecule is N#Cc1ccc(-c2ccc(CS(=O)(=O)CC(=O)NCCO)cc2)cc1. The van der Waals surface area contributed by atoms with Gasteiger partial charge in [-0.1, -0.05) is 36.4 Å². The molecule has 130 valence electrons. The second kappa shape index (κ2) is 8.42. The summed E-state index contributed by atoms with van der Waals surface area (Å²) in [5.41, 5.74) is 3.00. The molecule has 0 radical (unpaired) electrons. The molecule has 0 spiro atoms. The number of aliphatic hydroxyl groups excluding tert-OH is 1. The molecule has 0 aliphatic carbocycles. The zero-order chi connectivity index (χ0) is 18.3. The summed E-state index contributed by atoms with van der Waals surface area (Å²) in [6, 6.07) is 16.2. The van der Waals surface area contributed by atoms with Crippen molar-refractivity contribution in [3.05, 3.63) is 59.7 Å². The molecule has 0 aliphatic heterocycles. The molecule has 2 aromatic rings. The molecule has 0 bridgehead atoms. The number of benzene rings is 2. The van der Waals surface area contributed by atoms with E-state index in [1.165, 1.54) is 0 Å². The molecule has 0 saturated heterocycles. The average Bonchev–Trinajstić information content (AvgIpc) is 2.60. The molecule has 7 heteroatoms. The summed E-state index contributed by atoms with van der Waals surface area (Å²) in [4.78, 5) is 11.5. The average molecular weight is 358 g/mol. The summed E-state index contributed by atoms with van der Waals surface area (Å²) in [5, 5.41) is 19.7. The second-order valence-electron chi connectivity index (χ2n) is 5.49. The number of nitrogens with zero attached hydrogens (tertiary/aromatic N) is 1. The number of nitriles is 1. The Balaban J connectivity index is 2.04. The Labute approximate surface area is 146 Å². The van der Waals surface area contributed by atoms with Crippen LogP contribution in [-0.4, -0.2) is 38.3 Å². The smallest absolute Gasteiger partial charge is 0.235 e. The van der Waals surface area contributed by atoms with E-state index >= 15 is 0 Å². The lowest BCUT2D eigenvalue weighted by molar-refractivity contribution is -0.118. The van der Waals surface area contributed by atoms with Crippen molar-refractivity contribution in [3.8, 4) is 17.2 Å². The highest BCUT2D eigenvalue weighted by Crippen LogP contribution is 2.21. The van der Waals surface area contributed by atoms with Gasteiger partial charge in [-0.25, -0.2) is 8.42 Å². The van der Waals surface area contributed by atoms with Crippen molar-refractivity contribution in [1.82, 2.24) is 5.32 Å². The summed E-state index contributed by atoms with van der Waals surface area (Å²) in [5.74, 6) is -1.46. The van der Waals surface area contributed by atoms with Crippen molar-refractivity contribution in [2.24, 2.45) is 0 Å². The highest BCUT2D eigenvalue weighted by atomic mass is 32.2. The first-order chi connectivity index (χ1) is 11.9. The molecule has 1 amide bonds. The number of carbonyl (C=O) groups excluding carboxylic acids is 1. The Hall–Kier alpha value is -2.69. The van der Waals surface area contributed by atoms with Crippen LogP contribution in [0.4, 0.5) is 0 Å². The molecule has 0 saturated carbocycles. The van der Waals surface area contributed by atoms with Crippen LogP contribution < -0.4 is 5.32 Å². The number of hydrogen-bond donors (Lipinski definition) is 2. The van der Waals surface area contributed by atoms with Gasteiger partial charge in [0.25, 0.3) is 0 Å². The van der Waals surface area contributed by atoms with Gasteiger partial charge in [0.1, 0.15) is 5.75 Å². The van der Waals surface area contributed by atoms with Gasteiger partial charge < -0.3 is 10.4 Å². The largest absolute Gasteiger partial charge is 0.395 e. The summed E-state index contributed by atoms with van der Waals surface area (Å²) < 4.78 is 24.1. The normalized spacial score (nSPS) is 10.9. The molecule has 2 aromatic carbocycles. The van der Waals surface area contributed by atoms with Crippen LogP contribution in [0, 0.1) is 11.3 Å². The van der Waals surface area contributed by atoms with Crippen molar-refractivity contribution in [2.45, 2.75) is 5.75 Å². The van der Waals surface area contributed by atoms with Crippen molar-refractivity contribution in [2.75, 3.05) is 18.9 Å². The Morgan fingerprint density at radius 3 is 2.12 bits per heavy atom. The Morgan fingerprint density at radius 2 is 1.60 bits per heavy atom. The molecule has 0 aliphatic rings. The third-order valence-electron chi connectivity index (χ3n) is 3.47. The Morgan fingerprint density at radius 1 is 1.04 bits per heavy atom. The van der Waals surface area contributed by atoms with Crippen LogP contribution in [0.2, 0.25) is 0 Å². The monoisotopic (exact) mass is 358 g/mol. The summed E-state index contributed by atoms with van der Waals surface area (Å²) >= 11 is 0. The van der Waals surface area contributed by atoms with E-state index in [9.17, 15) is 13.2 Å². The third kappa shape index (κ3) is 5.71. The molecule has 25 heavy (non-hydrogen) atoms. The number of hydrogen-bond acceptors (Lipinski definition) is 5. The first-order valence-corrected chi connectivity index (χ1v) is 9.43. The van der Waals surface area contributed by atoms with Gasteiger partial charge in [0.2, 0.25) is 5.91 Å².